The van der Waals surface area contributed by atoms with Gasteiger partial charge in [-0.05, 0) is 80.5 Å². The molecule has 1 aliphatic heterocycles. The van der Waals surface area contributed by atoms with Crippen LogP contribution in [-0.2, 0) is 4.79 Å². The first kappa shape index (κ1) is 21.1. The fourth-order valence-corrected chi connectivity index (χ4v) is 7.69. The molecule has 4 bridgehead atoms. The molecule has 5 fully saturated rings. The van der Waals surface area contributed by atoms with E-state index in [0.29, 0.717) is 17.1 Å². The molecule has 4 saturated carbocycles. The standard InChI is InChI=1S/C26H31N7O2/c1-35-21-4-2-20(3-5-21)33-24-22(29-30-33)23(27-16-28-24)31-6-8-32(9-7-31)25(34)26-13-17-10-18(14-26)12-19(11-17)15-26/h2-5,16-19H,6-15H2,1H3. The highest BCUT2D eigenvalue weighted by Gasteiger charge is 2.55. The average Bonchev–Trinajstić information content (AvgIpc) is 3.32. The molecular formula is C26H31N7O2. The number of fused-ring (bicyclic) bond motifs is 1. The minimum atomic E-state index is -0.0693. The summed E-state index contributed by atoms with van der Waals surface area (Å²) < 4.78 is 6.99. The maximum atomic E-state index is 13.8. The number of methoxy groups -OCH3 is 1. The number of anilines is 1. The average molecular weight is 474 g/mol. The summed E-state index contributed by atoms with van der Waals surface area (Å²) in [5, 5.41) is 8.79. The minimum absolute atomic E-state index is 0.0693. The van der Waals surface area contributed by atoms with E-state index in [0.717, 1.165) is 80.4 Å². The third kappa shape index (κ3) is 3.38. The zero-order valence-electron chi connectivity index (χ0n) is 20.1. The fraction of sp³-hybridized carbons (Fsp3) is 0.577. The summed E-state index contributed by atoms with van der Waals surface area (Å²) in [5.41, 5.74) is 2.15. The van der Waals surface area contributed by atoms with Gasteiger partial charge in [0.2, 0.25) is 5.91 Å². The van der Waals surface area contributed by atoms with E-state index in [1.807, 2.05) is 24.3 Å². The second kappa shape index (κ2) is 7.90. The van der Waals surface area contributed by atoms with Crippen molar-refractivity contribution in [2.75, 3.05) is 38.2 Å². The molecule has 0 unspecified atom stereocenters. The van der Waals surface area contributed by atoms with Crippen LogP contribution in [0.3, 0.4) is 0 Å². The van der Waals surface area contributed by atoms with Crippen LogP contribution in [0, 0.1) is 23.2 Å². The van der Waals surface area contributed by atoms with Gasteiger partial charge in [-0.25, -0.2) is 9.97 Å². The first-order chi connectivity index (χ1) is 17.1. The topological polar surface area (TPSA) is 89.3 Å². The predicted octanol–water partition coefficient (Wildman–Crippen LogP) is 3.08. The van der Waals surface area contributed by atoms with Crippen molar-refractivity contribution < 1.29 is 9.53 Å². The third-order valence-electron chi connectivity index (χ3n) is 8.89. The number of nitrogens with zero attached hydrogens (tertiary/aromatic N) is 7. The Morgan fingerprint density at radius 1 is 0.943 bits per heavy atom. The Kier molecular flexibility index (Phi) is 4.76. The number of aromatic nitrogens is 5. The maximum Gasteiger partial charge on any atom is 0.228 e. The van der Waals surface area contributed by atoms with Gasteiger partial charge in [0.1, 0.15) is 12.1 Å². The van der Waals surface area contributed by atoms with Gasteiger partial charge in [-0.2, -0.15) is 4.68 Å². The summed E-state index contributed by atoms with van der Waals surface area (Å²) in [4.78, 5) is 27.2. The molecule has 0 spiro atoms. The Bertz CT molecular complexity index is 1230. The van der Waals surface area contributed by atoms with Crippen molar-refractivity contribution in [2.45, 2.75) is 38.5 Å². The van der Waals surface area contributed by atoms with Crippen LogP contribution in [0.25, 0.3) is 16.9 Å². The number of piperazine rings is 1. The molecule has 9 nitrogen and oxygen atoms in total. The molecule has 1 saturated heterocycles. The van der Waals surface area contributed by atoms with Crippen molar-refractivity contribution in [3.63, 3.8) is 0 Å². The van der Waals surface area contributed by atoms with Crippen LogP contribution in [-0.4, -0.2) is 69.1 Å². The molecule has 9 heteroatoms. The molecule has 3 aromatic rings. The Morgan fingerprint density at radius 2 is 1.60 bits per heavy atom. The molecule has 1 amide bonds. The normalized spacial score (nSPS) is 29.7. The highest BCUT2D eigenvalue weighted by molar-refractivity contribution is 5.85. The Labute approximate surface area is 204 Å². The van der Waals surface area contributed by atoms with Crippen LogP contribution in [0.2, 0.25) is 0 Å². The molecule has 35 heavy (non-hydrogen) atoms. The molecule has 5 aliphatic rings. The number of carbonyl (C=O) groups excluding carboxylic acids is 1. The van der Waals surface area contributed by atoms with Gasteiger partial charge in [0.15, 0.2) is 17.0 Å². The van der Waals surface area contributed by atoms with Crippen molar-refractivity contribution in [1.29, 1.82) is 0 Å². The van der Waals surface area contributed by atoms with Crippen molar-refractivity contribution in [3.05, 3.63) is 30.6 Å². The van der Waals surface area contributed by atoms with E-state index in [4.69, 9.17) is 4.74 Å². The van der Waals surface area contributed by atoms with Gasteiger partial charge < -0.3 is 14.5 Å². The van der Waals surface area contributed by atoms with E-state index in [2.05, 4.69) is 30.1 Å². The van der Waals surface area contributed by atoms with Crippen LogP contribution in [0.1, 0.15) is 38.5 Å². The van der Waals surface area contributed by atoms with E-state index >= 15 is 0 Å². The predicted molar refractivity (Wildman–Crippen MR) is 130 cm³/mol. The molecule has 0 atom stereocenters. The summed E-state index contributed by atoms with van der Waals surface area (Å²) in [7, 11) is 1.65. The van der Waals surface area contributed by atoms with Gasteiger partial charge in [0.05, 0.1) is 18.2 Å². The molecule has 2 aromatic heterocycles. The number of carbonyl (C=O) groups is 1. The smallest absolute Gasteiger partial charge is 0.228 e. The van der Waals surface area contributed by atoms with Crippen molar-refractivity contribution >= 4 is 22.9 Å². The zero-order valence-corrected chi connectivity index (χ0v) is 20.1. The highest BCUT2D eigenvalue weighted by Crippen LogP contribution is 2.60. The van der Waals surface area contributed by atoms with Crippen LogP contribution >= 0.6 is 0 Å². The van der Waals surface area contributed by atoms with Crippen molar-refractivity contribution in [2.24, 2.45) is 23.2 Å². The summed E-state index contributed by atoms with van der Waals surface area (Å²) in [6.07, 6.45) is 9.04. The number of hydrogen-bond donors (Lipinski definition) is 0. The van der Waals surface area contributed by atoms with Crippen LogP contribution < -0.4 is 9.64 Å². The van der Waals surface area contributed by atoms with E-state index < -0.39 is 0 Å². The van der Waals surface area contributed by atoms with Crippen LogP contribution in [0.15, 0.2) is 30.6 Å². The Morgan fingerprint density at radius 3 is 2.23 bits per heavy atom. The minimum Gasteiger partial charge on any atom is -0.497 e. The lowest BCUT2D eigenvalue weighted by atomic mass is 9.49. The Hall–Kier alpha value is -3.23. The molecule has 1 aromatic carbocycles. The largest absolute Gasteiger partial charge is 0.497 e. The second-order valence-corrected chi connectivity index (χ2v) is 11.0. The van der Waals surface area contributed by atoms with Gasteiger partial charge in [-0.1, -0.05) is 5.21 Å². The van der Waals surface area contributed by atoms with Gasteiger partial charge in [0.25, 0.3) is 0 Å². The van der Waals surface area contributed by atoms with Gasteiger partial charge in [-0.3, -0.25) is 4.79 Å². The lowest BCUT2D eigenvalue weighted by Gasteiger charge is -2.57. The first-order valence-corrected chi connectivity index (χ1v) is 12.9. The van der Waals surface area contributed by atoms with Gasteiger partial charge >= 0.3 is 0 Å². The number of benzene rings is 1. The third-order valence-corrected chi connectivity index (χ3v) is 8.89. The van der Waals surface area contributed by atoms with E-state index in [9.17, 15) is 4.79 Å². The van der Waals surface area contributed by atoms with Gasteiger partial charge in [0, 0.05) is 26.2 Å². The summed E-state index contributed by atoms with van der Waals surface area (Å²) in [5.74, 6) is 4.36. The lowest BCUT2D eigenvalue weighted by molar-refractivity contribution is -0.158. The monoisotopic (exact) mass is 473 g/mol. The van der Waals surface area contributed by atoms with E-state index in [1.165, 1.54) is 19.3 Å². The van der Waals surface area contributed by atoms with Crippen molar-refractivity contribution in [3.8, 4) is 11.4 Å². The summed E-state index contributed by atoms with van der Waals surface area (Å²) in [6.45, 7) is 2.97. The molecule has 182 valence electrons. The van der Waals surface area contributed by atoms with Crippen LogP contribution in [0.5, 0.6) is 5.75 Å². The number of hydrogen-bond acceptors (Lipinski definition) is 7. The number of rotatable bonds is 4. The van der Waals surface area contributed by atoms with Crippen molar-refractivity contribution in [1.82, 2.24) is 29.9 Å². The zero-order chi connectivity index (χ0) is 23.6. The lowest BCUT2D eigenvalue weighted by Crippen LogP contribution is -2.58. The number of ether oxygens (including phenoxy) is 1. The quantitative estimate of drug-likeness (QED) is 0.575. The number of amides is 1. The fourth-order valence-electron chi connectivity index (χ4n) is 7.69. The molecular weight excluding hydrogens is 442 g/mol. The SMILES string of the molecule is COc1ccc(-n2nnc3c(N4CCN(C(=O)C56CC7CC(CC(C7)C5)C6)CC4)ncnc32)cc1. The first-order valence-electron chi connectivity index (χ1n) is 12.9. The molecule has 3 heterocycles. The molecule has 8 rings (SSSR count). The molecule has 0 radical (unpaired) electrons. The molecule has 4 aliphatic carbocycles. The summed E-state index contributed by atoms with van der Waals surface area (Å²) >= 11 is 0. The summed E-state index contributed by atoms with van der Waals surface area (Å²) in [6, 6.07) is 7.66. The van der Waals surface area contributed by atoms with Crippen LogP contribution in [0.4, 0.5) is 5.82 Å². The maximum absolute atomic E-state index is 13.8. The molecule has 0 N–H and O–H groups in total. The van der Waals surface area contributed by atoms with Gasteiger partial charge in [-0.15, -0.1) is 5.10 Å². The van der Waals surface area contributed by atoms with E-state index in [-0.39, 0.29) is 5.41 Å². The van der Waals surface area contributed by atoms with E-state index in [1.54, 1.807) is 18.1 Å². The second-order valence-electron chi connectivity index (χ2n) is 11.0. The Balaban J connectivity index is 1.09. The highest BCUT2D eigenvalue weighted by atomic mass is 16.5.